The number of benzene rings is 1. The lowest BCUT2D eigenvalue weighted by atomic mass is 9.92. The first kappa shape index (κ1) is 15.8. The fourth-order valence-corrected chi connectivity index (χ4v) is 2.48. The molecule has 0 amide bonds. The molecule has 0 unspecified atom stereocenters. The van der Waals surface area contributed by atoms with Crippen molar-refractivity contribution < 1.29 is 19.0 Å². The van der Waals surface area contributed by atoms with Crippen LogP contribution in [-0.4, -0.2) is 31.4 Å². The minimum Gasteiger partial charge on any atom is -0.476 e. The van der Waals surface area contributed by atoms with E-state index in [9.17, 15) is 4.79 Å². The second-order valence-corrected chi connectivity index (χ2v) is 5.79. The SMILES string of the molecule is CCOC(=O)C(C)(C)Oc1ccc(C2CCOCC2)cc1. The maximum atomic E-state index is 11.8. The molecular weight excluding hydrogens is 268 g/mol. The zero-order valence-corrected chi connectivity index (χ0v) is 13.1. The van der Waals surface area contributed by atoms with Crippen molar-refractivity contribution in [2.24, 2.45) is 0 Å². The molecule has 1 heterocycles. The van der Waals surface area contributed by atoms with Crippen molar-refractivity contribution in [2.75, 3.05) is 19.8 Å². The molecule has 0 N–H and O–H groups in total. The Labute approximate surface area is 126 Å². The molecule has 1 aliphatic rings. The topological polar surface area (TPSA) is 44.8 Å². The number of rotatable bonds is 5. The van der Waals surface area contributed by atoms with Crippen LogP contribution in [0.1, 0.15) is 45.1 Å². The minimum absolute atomic E-state index is 0.349. The van der Waals surface area contributed by atoms with Crippen molar-refractivity contribution in [3.05, 3.63) is 29.8 Å². The van der Waals surface area contributed by atoms with Gasteiger partial charge in [-0.1, -0.05) is 12.1 Å². The molecule has 21 heavy (non-hydrogen) atoms. The first-order valence-corrected chi connectivity index (χ1v) is 7.57. The molecule has 1 aromatic carbocycles. The summed E-state index contributed by atoms with van der Waals surface area (Å²) >= 11 is 0. The van der Waals surface area contributed by atoms with E-state index >= 15 is 0 Å². The van der Waals surface area contributed by atoms with Crippen molar-refractivity contribution in [1.29, 1.82) is 0 Å². The Balaban J connectivity index is 2.00. The third kappa shape index (κ3) is 4.21. The van der Waals surface area contributed by atoms with Crippen LogP contribution in [0.2, 0.25) is 0 Å². The van der Waals surface area contributed by atoms with E-state index in [1.807, 2.05) is 12.1 Å². The van der Waals surface area contributed by atoms with E-state index in [0.717, 1.165) is 26.1 Å². The summed E-state index contributed by atoms with van der Waals surface area (Å²) in [6, 6.07) is 8.00. The average Bonchev–Trinajstić information content (AvgIpc) is 2.49. The average molecular weight is 292 g/mol. The minimum atomic E-state index is -0.976. The van der Waals surface area contributed by atoms with E-state index in [1.54, 1.807) is 20.8 Å². The predicted molar refractivity (Wildman–Crippen MR) is 80.6 cm³/mol. The summed E-state index contributed by atoms with van der Waals surface area (Å²) in [5.74, 6) is 0.897. The first-order valence-electron chi connectivity index (χ1n) is 7.57. The van der Waals surface area contributed by atoms with Gasteiger partial charge in [0.25, 0.3) is 0 Å². The zero-order chi connectivity index (χ0) is 15.3. The molecule has 0 saturated carbocycles. The maximum Gasteiger partial charge on any atom is 0.349 e. The quantitative estimate of drug-likeness (QED) is 0.781. The highest BCUT2D eigenvalue weighted by molar-refractivity contribution is 5.79. The van der Waals surface area contributed by atoms with Gasteiger partial charge in [-0.05, 0) is 57.2 Å². The summed E-state index contributed by atoms with van der Waals surface area (Å²) in [5.41, 5.74) is 0.329. The number of hydrogen-bond acceptors (Lipinski definition) is 4. The molecular formula is C17H24O4. The van der Waals surface area contributed by atoms with Gasteiger partial charge in [0.1, 0.15) is 5.75 Å². The highest BCUT2D eigenvalue weighted by atomic mass is 16.6. The monoisotopic (exact) mass is 292 g/mol. The fourth-order valence-electron chi connectivity index (χ4n) is 2.48. The Hall–Kier alpha value is -1.55. The lowest BCUT2D eigenvalue weighted by molar-refractivity contribution is -0.158. The van der Waals surface area contributed by atoms with Crippen molar-refractivity contribution in [1.82, 2.24) is 0 Å². The van der Waals surface area contributed by atoms with Crippen LogP contribution in [0, 0.1) is 0 Å². The Bertz CT molecular complexity index is 458. The lowest BCUT2D eigenvalue weighted by Gasteiger charge is -2.25. The highest BCUT2D eigenvalue weighted by Gasteiger charge is 2.31. The van der Waals surface area contributed by atoms with Gasteiger partial charge in [0.05, 0.1) is 6.61 Å². The van der Waals surface area contributed by atoms with Crippen LogP contribution in [0.5, 0.6) is 5.75 Å². The van der Waals surface area contributed by atoms with Crippen LogP contribution in [0.3, 0.4) is 0 Å². The van der Waals surface area contributed by atoms with E-state index in [2.05, 4.69) is 12.1 Å². The lowest BCUT2D eigenvalue weighted by Crippen LogP contribution is -2.39. The van der Waals surface area contributed by atoms with E-state index < -0.39 is 5.60 Å². The second kappa shape index (κ2) is 6.94. The third-order valence-electron chi connectivity index (χ3n) is 3.71. The molecule has 0 bridgehead atoms. The molecule has 4 heteroatoms. The predicted octanol–water partition coefficient (Wildman–Crippen LogP) is 3.30. The Morgan fingerprint density at radius 3 is 2.43 bits per heavy atom. The van der Waals surface area contributed by atoms with E-state index in [0.29, 0.717) is 18.3 Å². The first-order chi connectivity index (χ1) is 10.0. The molecule has 0 spiro atoms. The molecule has 2 rings (SSSR count). The van der Waals surface area contributed by atoms with Crippen molar-refractivity contribution in [3.8, 4) is 5.75 Å². The zero-order valence-electron chi connectivity index (χ0n) is 13.1. The summed E-state index contributed by atoms with van der Waals surface area (Å²) in [7, 11) is 0. The number of hydrogen-bond donors (Lipinski definition) is 0. The van der Waals surface area contributed by atoms with Gasteiger partial charge in [-0.3, -0.25) is 0 Å². The molecule has 0 aliphatic carbocycles. The normalized spacial score (nSPS) is 16.5. The number of carbonyl (C=O) groups is 1. The number of ether oxygens (including phenoxy) is 3. The summed E-state index contributed by atoms with van der Waals surface area (Å²) in [5, 5.41) is 0. The molecule has 0 radical (unpaired) electrons. The van der Waals surface area contributed by atoms with Gasteiger partial charge in [0, 0.05) is 13.2 Å². The van der Waals surface area contributed by atoms with Gasteiger partial charge < -0.3 is 14.2 Å². The van der Waals surface area contributed by atoms with Crippen molar-refractivity contribution in [2.45, 2.75) is 45.1 Å². The maximum absolute atomic E-state index is 11.8. The number of esters is 1. The fraction of sp³-hybridized carbons (Fsp3) is 0.588. The molecule has 1 saturated heterocycles. The van der Waals surface area contributed by atoms with Gasteiger partial charge in [0.2, 0.25) is 0 Å². The summed E-state index contributed by atoms with van der Waals surface area (Å²) < 4.78 is 16.2. The van der Waals surface area contributed by atoms with E-state index in [1.165, 1.54) is 5.56 Å². The highest BCUT2D eigenvalue weighted by Crippen LogP contribution is 2.29. The molecule has 1 fully saturated rings. The van der Waals surface area contributed by atoms with Gasteiger partial charge >= 0.3 is 5.97 Å². The van der Waals surface area contributed by atoms with Gasteiger partial charge in [-0.25, -0.2) is 4.79 Å². The Kier molecular flexibility index (Phi) is 5.23. The molecule has 0 atom stereocenters. The van der Waals surface area contributed by atoms with Gasteiger partial charge in [-0.15, -0.1) is 0 Å². The molecule has 1 aromatic rings. The van der Waals surface area contributed by atoms with Crippen molar-refractivity contribution >= 4 is 5.97 Å². The van der Waals surface area contributed by atoms with Gasteiger partial charge in [0.15, 0.2) is 5.60 Å². The Morgan fingerprint density at radius 2 is 1.86 bits per heavy atom. The standard InChI is InChI=1S/C17H24O4/c1-4-20-16(18)17(2,3)21-15-7-5-13(6-8-15)14-9-11-19-12-10-14/h5-8,14H,4,9-12H2,1-3H3. The smallest absolute Gasteiger partial charge is 0.349 e. The molecule has 116 valence electrons. The molecule has 0 aromatic heterocycles. The van der Waals surface area contributed by atoms with Crippen LogP contribution in [0.15, 0.2) is 24.3 Å². The second-order valence-electron chi connectivity index (χ2n) is 5.79. The number of carbonyl (C=O) groups excluding carboxylic acids is 1. The molecule has 4 nitrogen and oxygen atoms in total. The summed E-state index contributed by atoms with van der Waals surface area (Å²) in [6.45, 7) is 7.25. The van der Waals surface area contributed by atoms with E-state index in [-0.39, 0.29) is 5.97 Å². The van der Waals surface area contributed by atoms with E-state index in [4.69, 9.17) is 14.2 Å². The van der Waals surface area contributed by atoms with Gasteiger partial charge in [-0.2, -0.15) is 0 Å². The van der Waals surface area contributed by atoms with Crippen LogP contribution in [0.25, 0.3) is 0 Å². The van der Waals surface area contributed by atoms with Crippen LogP contribution < -0.4 is 4.74 Å². The third-order valence-corrected chi connectivity index (χ3v) is 3.71. The van der Waals surface area contributed by atoms with Crippen LogP contribution in [-0.2, 0) is 14.3 Å². The largest absolute Gasteiger partial charge is 0.476 e. The summed E-state index contributed by atoms with van der Waals surface area (Å²) in [4.78, 5) is 11.8. The molecule has 1 aliphatic heterocycles. The van der Waals surface area contributed by atoms with Crippen LogP contribution >= 0.6 is 0 Å². The van der Waals surface area contributed by atoms with Crippen molar-refractivity contribution in [3.63, 3.8) is 0 Å². The Morgan fingerprint density at radius 1 is 1.24 bits per heavy atom. The van der Waals surface area contributed by atoms with Crippen LogP contribution in [0.4, 0.5) is 0 Å². The summed E-state index contributed by atoms with van der Waals surface area (Å²) in [6.07, 6.45) is 2.13.